The summed E-state index contributed by atoms with van der Waals surface area (Å²) < 4.78 is 68.3. The van der Waals surface area contributed by atoms with Gasteiger partial charge in [-0.15, -0.1) is 0 Å². The molecule has 0 spiro atoms. The largest absolute Gasteiger partial charge is 0.472 e. The van der Waals surface area contributed by atoms with E-state index in [1.165, 1.54) is 148 Å². The molecule has 0 rings (SSSR count). The highest BCUT2D eigenvalue weighted by Crippen LogP contribution is 2.45. The molecule has 0 aromatic carbocycles. The van der Waals surface area contributed by atoms with Gasteiger partial charge in [0.25, 0.3) is 0 Å². The maximum absolute atomic E-state index is 13.0. The van der Waals surface area contributed by atoms with Gasteiger partial charge in [0.05, 0.1) is 26.4 Å². The zero-order valence-corrected chi connectivity index (χ0v) is 60.6. The topological polar surface area (TPSA) is 237 Å². The van der Waals surface area contributed by atoms with Crippen molar-refractivity contribution in [1.82, 2.24) is 0 Å². The fourth-order valence-electron chi connectivity index (χ4n) is 10.6. The van der Waals surface area contributed by atoms with E-state index in [-0.39, 0.29) is 25.7 Å². The Bertz CT molecular complexity index is 1790. The molecule has 90 heavy (non-hydrogen) atoms. The average Bonchev–Trinajstić information content (AvgIpc) is 3.63. The first-order chi connectivity index (χ1) is 43.2. The van der Waals surface area contributed by atoms with E-state index in [0.717, 1.165) is 114 Å². The minimum Gasteiger partial charge on any atom is -0.462 e. The van der Waals surface area contributed by atoms with Gasteiger partial charge in [-0.05, 0) is 49.4 Å². The number of carbonyl (C=O) groups is 4. The van der Waals surface area contributed by atoms with Gasteiger partial charge in [0.15, 0.2) is 12.2 Å². The molecule has 0 radical (unpaired) electrons. The number of hydrogen-bond acceptors (Lipinski definition) is 15. The minimum absolute atomic E-state index is 0.105. The van der Waals surface area contributed by atoms with E-state index in [4.69, 9.17) is 37.0 Å². The third kappa shape index (κ3) is 62.2. The maximum Gasteiger partial charge on any atom is 0.472 e. The zero-order valence-electron chi connectivity index (χ0n) is 58.8. The van der Waals surface area contributed by atoms with E-state index in [2.05, 4.69) is 55.4 Å². The predicted octanol–water partition coefficient (Wildman–Crippen LogP) is 20.1. The van der Waals surface area contributed by atoms with Crippen molar-refractivity contribution in [2.24, 2.45) is 23.7 Å². The predicted molar refractivity (Wildman–Crippen MR) is 363 cm³/mol. The fourth-order valence-corrected chi connectivity index (χ4v) is 12.2. The zero-order chi connectivity index (χ0) is 66.8. The van der Waals surface area contributed by atoms with Gasteiger partial charge in [0.2, 0.25) is 0 Å². The van der Waals surface area contributed by atoms with E-state index in [1.54, 1.807) is 0 Å². The molecular formula is C71H138O17P2. The number of rotatable bonds is 68. The molecular weight excluding hydrogens is 1190 g/mol. The first kappa shape index (κ1) is 88.1. The number of phosphoric ester groups is 2. The van der Waals surface area contributed by atoms with Gasteiger partial charge < -0.3 is 33.8 Å². The number of esters is 4. The summed E-state index contributed by atoms with van der Waals surface area (Å²) in [4.78, 5) is 72.6. The van der Waals surface area contributed by atoms with Gasteiger partial charge in [-0.25, -0.2) is 9.13 Å². The summed E-state index contributed by atoms with van der Waals surface area (Å²) in [5, 5.41) is 10.6. The second-order valence-electron chi connectivity index (χ2n) is 27.1. The van der Waals surface area contributed by atoms with Crippen LogP contribution in [-0.4, -0.2) is 96.7 Å². The lowest BCUT2D eigenvalue weighted by atomic mass is 9.99. The third-order valence-electron chi connectivity index (χ3n) is 17.0. The monoisotopic (exact) mass is 1320 g/mol. The van der Waals surface area contributed by atoms with Crippen LogP contribution in [0.5, 0.6) is 0 Å². The van der Waals surface area contributed by atoms with Crippen molar-refractivity contribution < 1.29 is 80.2 Å². The van der Waals surface area contributed by atoms with E-state index >= 15 is 0 Å². The Balaban J connectivity index is 5.26. The molecule has 0 aromatic rings. The molecule has 0 saturated carbocycles. The Morgan fingerprint density at radius 1 is 0.311 bits per heavy atom. The molecule has 3 N–H and O–H groups in total. The molecule has 7 atom stereocenters. The molecule has 534 valence electrons. The lowest BCUT2D eigenvalue weighted by molar-refractivity contribution is -0.161. The Kier molecular flexibility index (Phi) is 59.4. The smallest absolute Gasteiger partial charge is 0.462 e. The molecule has 0 amide bonds. The summed E-state index contributed by atoms with van der Waals surface area (Å²) in [7, 11) is -9.90. The molecule has 0 aliphatic rings. The van der Waals surface area contributed by atoms with Crippen molar-refractivity contribution in [2.75, 3.05) is 39.6 Å². The highest BCUT2D eigenvalue weighted by atomic mass is 31.2. The van der Waals surface area contributed by atoms with Crippen LogP contribution in [-0.2, 0) is 65.4 Å². The summed E-state index contributed by atoms with van der Waals surface area (Å²) in [5.41, 5.74) is 0. The minimum atomic E-state index is -4.95. The molecule has 0 fully saturated rings. The summed E-state index contributed by atoms with van der Waals surface area (Å²) in [6.45, 7) is 14.1. The molecule has 0 saturated heterocycles. The number of unbranched alkanes of at least 4 members (excludes halogenated alkanes) is 32. The summed E-state index contributed by atoms with van der Waals surface area (Å²) >= 11 is 0. The van der Waals surface area contributed by atoms with Crippen molar-refractivity contribution in [3.8, 4) is 0 Å². The van der Waals surface area contributed by atoms with Crippen LogP contribution < -0.4 is 0 Å². The molecule has 0 aliphatic heterocycles. The van der Waals surface area contributed by atoms with Crippen LogP contribution in [0.15, 0.2) is 0 Å². The highest BCUT2D eigenvalue weighted by molar-refractivity contribution is 7.47. The van der Waals surface area contributed by atoms with Crippen LogP contribution in [0, 0.1) is 23.7 Å². The number of carbonyl (C=O) groups excluding carboxylic acids is 4. The van der Waals surface area contributed by atoms with E-state index < -0.39 is 97.5 Å². The highest BCUT2D eigenvalue weighted by Gasteiger charge is 2.30. The van der Waals surface area contributed by atoms with Gasteiger partial charge in [0, 0.05) is 25.7 Å². The molecule has 0 bridgehead atoms. The van der Waals surface area contributed by atoms with Gasteiger partial charge in [-0.3, -0.25) is 37.3 Å². The normalized spacial score (nSPS) is 14.9. The molecule has 17 nitrogen and oxygen atoms in total. The quantitative estimate of drug-likeness (QED) is 0.0222. The molecule has 0 heterocycles. The standard InChI is InChI=1S/C71H138O17P2/c1-9-63(7)49-41-33-24-18-12-15-21-27-37-45-53-70(75)87-66(57-81-68(73)51-43-35-26-20-14-11-17-23-31-39-47-61(3)4)59-85-89(77,78)83-55-65(72)56-84-90(79,80)86-60-67(58-82-69(74)52-44-36-30-29-32-40-48-62(5)6)88-71(76)54-46-38-28-22-16-13-19-25-34-42-50-64(8)10-2/h61-67,72H,9-60H2,1-8H3,(H,77,78)(H,79,80)/t63?,64?,65-,66-,67-/m1/s1. The van der Waals surface area contributed by atoms with Crippen LogP contribution in [0.4, 0.5) is 0 Å². The van der Waals surface area contributed by atoms with Crippen molar-refractivity contribution in [3.05, 3.63) is 0 Å². The molecule has 0 aliphatic carbocycles. The number of aliphatic hydroxyl groups excluding tert-OH is 1. The number of hydrogen-bond donors (Lipinski definition) is 3. The van der Waals surface area contributed by atoms with Gasteiger partial charge in [0.1, 0.15) is 19.3 Å². The Morgan fingerprint density at radius 2 is 0.533 bits per heavy atom. The van der Waals surface area contributed by atoms with Gasteiger partial charge >= 0.3 is 39.5 Å². The van der Waals surface area contributed by atoms with Gasteiger partial charge in [-0.2, -0.15) is 0 Å². The Morgan fingerprint density at radius 3 is 0.789 bits per heavy atom. The third-order valence-corrected chi connectivity index (χ3v) is 18.9. The number of phosphoric acid groups is 2. The van der Waals surface area contributed by atoms with E-state index in [1.807, 2.05) is 0 Å². The van der Waals surface area contributed by atoms with Crippen molar-refractivity contribution in [1.29, 1.82) is 0 Å². The van der Waals surface area contributed by atoms with Crippen LogP contribution in [0.1, 0.15) is 351 Å². The summed E-state index contributed by atoms with van der Waals surface area (Å²) in [6.07, 6.45) is 43.0. The fraction of sp³-hybridized carbons (Fsp3) is 0.944. The molecule has 4 unspecified atom stereocenters. The lowest BCUT2D eigenvalue weighted by Crippen LogP contribution is -2.30. The molecule has 0 aromatic heterocycles. The van der Waals surface area contributed by atoms with E-state index in [9.17, 15) is 43.2 Å². The number of ether oxygens (including phenoxy) is 4. The van der Waals surface area contributed by atoms with Crippen LogP contribution in [0.3, 0.4) is 0 Å². The first-order valence-electron chi connectivity index (χ1n) is 36.8. The SMILES string of the molecule is CCC(C)CCCCCCCCCCCCC(=O)O[C@H](COC(=O)CCCCCCCCCCCCC(C)C)COP(=O)(O)OC[C@@H](O)COP(=O)(O)OC[C@@H](COC(=O)CCCCCCCCC(C)C)OC(=O)CCCCCCCCCCCCC(C)CC. The second-order valence-corrected chi connectivity index (χ2v) is 30.0. The second kappa shape index (κ2) is 60.7. The van der Waals surface area contributed by atoms with Crippen molar-refractivity contribution >= 4 is 39.5 Å². The Hall–Kier alpha value is -1.94. The van der Waals surface area contributed by atoms with Crippen LogP contribution in [0.25, 0.3) is 0 Å². The van der Waals surface area contributed by atoms with Crippen LogP contribution in [0.2, 0.25) is 0 Å². The van der Waals surface area contributed by atoms with Crippen LogP contribution >= 0.6 is 15.6 Å². The maximum atomic E-state index is 13.0. The Labute approximate surface area is 549 Å². The number of aliphatic hydroxyl groups is 1. The van der Waals surface area contributed by atoms with Crippen molar-refractivity contribution in [2.45, 2.75) is 369 Å². The van der Waals surface area contributed by atoms with Gasteiger partial charge in [-0.1, -0.05) is 299 Å². The summed E-state index contributed by atoms with van der Waals surface area (Å²) in [5.74, 6) is 0.915. The van der Waals surface area contributed by atoms with Crippen molar-refractivity contribution in [3.63, 3.8) is 0 Å². The lowest BCUT2D eigenvalue weighted by Gasteiger charge is -2.21. The van der Waals surface area contributed by atoms with E-state index in [0.29, 0.717) is 31.6 Å². The summed E-state index contributed by atoms with van der Waals surface area (Å²) in [6, 6.07) is 0. The molecule has 19 heteroatoms. The first-order valence-corrected chi connectivity index (χ1v) is 39.8. The average molecular weight is 1330 g/mol.